The Morgan fingerprint density at radius 2 is 2.05 bits per heavy atom. The van der Waals surface area contributed by atoms with Gasteiger partial charge < -0.3 is 14.5 Å². The summed E-state index contributed by atoms with van der Waals surface area (Å²) in [6.45, 7) is 1.80. The van der Waals surface area contributed by atoms with Crippen LogP contribution in [0.25, 0.3) is 0 Å². The summed E-state index contributed by atoms with van der Waals surface area (Å²) in [5.74, 6) is -1.42. The van der Waals surface area contributed by atoms with E-state index < -0.39 is 17.9 Å². The first kappa shape index (κ1) is 13.3. The van der Waals surface area contributed by atoms with Gasteiger partial charge in [0.25, 0.3) is 11.7 Å². The lowest BCUT2D eigenvalue weighted by Gasteiger charge is -2.33. The molecule has 7 heteroatoms. The van der Waals surface area contributed by atoms with Crippen LogP contribution in [-0.4, -0.2) is 38.1 Å². The SMILES string of the molecule is Cc1nc(C(=O)N2Cc3ccccc3CC2C(=O)O)no1. The van der Waals surface area contributed by atoms with Gasteiger partial charge in [0, 0.05) is 19.9 Å². The molecular weight excluding hydrogens is 274 g/mol. The molecule has 1 amide bonds. The van der Waals surface area contributed by atoms with Crippen LogP contribution in [0.5, 0.6) is 0 Å². The molecule has 1 aromatic heterocycles. The number of carboxylic acids is 1. The fourth-order valence-corrected chi connectivity index (χ4v) is 2.47. The molecule has 0 radical (unpaired) electrons. The van der Waals surface area contributed by atoms with E-state index in [1.165, 1.54) is 4.90 Å². The third kappa shape index (κ3) is 2.37. The fraction of sp³-hybridized carbons (Fsp3) is 0.286. The van der Waals surface area contributed by atoms with Crippen LogP contribution in [0.15, 0.2) is 28.8 Å². The van der Waals surface area contributed by atoms with Crippen molar-refractivity contribution in [2.24, 2.45) is 0 Å². The van der Waals surface area contributed by atoms with Gasteiger partial charge in [0.2, 0.25) is 5.89 Å². The molecule has 1 atom stereocenters. The second-order valence-corrected chi connectivity index (χ2v) is 4.90. The molecule has 0 saturated heterocycles. The summed E-state index contributed by atoms with van der Waals surface area (Å²) in [5, 5.41) is 12.9. The molecule has 2 heterocycles. The van der Waals surface area contributed by atoms with Gasteiger partial charge in [-0.1, -0.05) is 29.4 Å². The van der Waals surface area contributed by atoms with Crippen LogP contribution in [0.3, 0.4) is 0 Å². The van der Waals surface area contributed by atoms with Crippen molar-refractivity contribution in [2.45, 2.75) is 25.9 Å². The summed E-state index contributed by atoms with van der Waals surface area (Å²) < 4.78 is 4.79. The van der Waals surface area contributed by atoms with Crippen LogP contribution in [0.4, 0.5) is 0 Å². The zero-order valence-corrected chi connectivity index (χ0v) is 11.3. The number of aliphatic carboxylic acids is 1. The lowest BCUT2D eigenvalue weighted by atomic mass is 9.94. The number of fused-ring (bicyclic) bond motifs is 1. The van der Waals surface area contributed by atoms with Gasteiger partial charge in [-0.2, -0.15) is 4.98 Å². The van der Waals surface area contributed by atoms with Crippen molar-refractivity contribution in [1.29, 1.82) is 0 Å². The number of benzene rings is 1. The van der Waals surface area contributed by atoms with E-state index in [0.29, 0.717) is 0 Å². The molecule has 21 heavy (non-hydrogen) atoms. The van der Waals surface area contributed by atoms with E-state index in [0.717, 1.165) is 11.1 Å². The Morgan fingerprint density at radius 1 is 1.33 bits per heavy atom. The van der Waals surface area contributed by atoms with Gasteiger partial charge in [-0.25, -0.2) is 4.79 Å². The molecule has 1 aliphatic heterocycles. The van der Waals surface area contributed by atoms with Gasteiger partial charge in [0.1, 0.15) is 6.04 Å². The number of rotatable bonds is 2. The van der Waals surface area contributed by atoms with Crippen molar-refractivity contribution in [1.82, 2.24) is 15.0 Å². The predicted octanol–water partition coefficient (Wildman–Crippen LogP) is 1.03. The number of amides is 1. The molecule has 0 aliphatic carbocycles. The molecule has 0 saturated carbocycles. The van der Waals surface area contributed by atoms with Crippen LogP contribution < -0.4 is 0 Å². The summed E-state index contributed by atoms with van der Waals surface area (Å²) in [6.07, 6.45) is 0.272. The maximum Gasteiger partial charge on any atom is 0.326 e. The predicted molar refractivity (Wildman–Crippen MR) is 70.5 cm³/mol. The summed E-state index contributed by atoms with van der Waals surface area (Å²) in [5.41, 5.74) is 1.88. The lowest BCUT2D eigenvalue weighted by Crippen LogP contribution is -2.48. The third-order valence-corrected chi connectivity index (χ3v) is 3.51. The van der Waals surface area contributed by atoms with E-state index in [4.69, 9.17) is 4.52 Å². The molecular formula is C14H13N3O4. The van der Waals surface area contributed by atoms with Crippen molar-refractivity contribution in [2.75, 3.05) is 0 Å². The molecule has 3 rings (SSSR count). The molecule has 1 N–H and O–H groups in total. The number of nitrogens with zero attached hydrogens (tertiary/aromatic N) is 3. The fourth-order valence-electron chi connectivity index (χ4n) is 2.47. The Bertz CT molecular complexity index is 710. The van der Waals surface area contributed by atoms with Crippen molar-refractivity contribution in [3.8, 4) is 0 Å². The number of carboxylic acid groups (broad SMARTS) is 1. The van der Waals surface area contributed by atoms with Crippen LogP contribution >= 0.6 is 0 Å². The standard InChI is InChI=1S/C14H13N3O4/c1-8-15-12(16-21-8)13(18)17-7-10-5-3-2-4-9(10)6-11(17)14(19)20/h2-5,11H,6-7H2,1H3,(H,19,20). The normalized spacial score (nSPS) is 17.4. The Labute approximate surface area is 120 Å². The second kappa shape index (κ2) is 5.01. The van der Waals surface area contributed by atoms with E-state index in [1.54, 1.807) is 6.92 Å². The van der Waals surface area contributed by atoms with E-state index in [1.807, 2.05) is 24.3 Å². The van der Waals surface area contributed by atoms with Gasteiger partial charge in [-0.3, -0.25) is 4.79 Å². The van der Waals surface area contributed by atoms with Crippen molar-refractivity contribution in [3.63, 3.8) is 0 Å². The molecule has 7 nitrogen and oxygen atoms in total. The van der Waals surface area contributed by atoms with Crippen molar-refractivity contribution < 1.29 is 19.2 Å². The molecule has 1 unspecified atom stereocenters. The first-order valence-corrected chi connectivity index (χ1v) is 6.47. The highest BCUT2D eigenvalue weighted by Gasteiger charge is 2.36. The molecule has 0 spiro atoms. The van der Waals surface area contributed by atoms with Crippen LogP contribution in [0.1, 0.15) is 27.6 Å². The smallest absolute Gasteiger partial charge is 0.326 e. The summed E-state index contributed by atoms with van der Waals surface area (Å²) in [4.78, 5) is 29.0. The minimum atomic E-state index is -1.04. The summed E-state index contributed by atoms with van der Waals surface area (Å²) >= 11 is 0. The molecule has 2 aromatic rings. The Hall–Kier alpha value is -2.70. The number of hydrogen-bond acceptors (Lipinski definition) is 5. The second-order valence-electron chi connectivity index (χ2n) is 4.90. The Morgan fingerprint density at radius 3 is 2.67 bits per heavy atom. The third-order valence-electron chi connectivity index (χ3n) is 3.51. The largest absolute Gasteiger partial charge is 0.480 e. The minimum Gasteiger partial charge on any atom is -0.480 e. The monoisotopic (exact) mass is 287 g/mol. The molecule has 0 fully saturated rings. The number of carbonyl (C=O) groups is 2. The summed E-state index contributed by atoms with van der Waals surface area (Å²) in [7, 11) is 0. The minimum absolute atomic E-state index is 0.113. The maximum absolute atomic E-state index is 12.4. The quantitative estimate of drug-likeness (QED) is 0.886. The van der Waals surface area contributed by atoms with Crippen molar-refractivity contribution >= 4 is 11.9 Å². The highest BCUT2D eigenvalue weighted by atomic mass is 16.5. The average Bonchev–Trinajstić information content (AvgIpc) is 2.91. The number of hydrogen-bond donors (Lipinski definition) is 1. The first-order chi connectivity index (χ1) is 10.1. The highest BCUT2D eigenvalue weighted by Crippen LogP contribution is 2.24. The molecule has 1 aromatic carbocycles. The zero-order valence-electron chi connectivity index (χ0n) is 11.3. The lowest BCUT2D eigenvalue weighted by molar-refractivity contribution is -0.142. The molecule has 0 bridgehead atoms. The van der Waals surface area contributed by atoms with Gasteiger partial charge >= 0.3 is 5.97 Å². The highest BCUT2D eigenvalue weighted by molar-refractivity contribution is 5.93. The van der Waals surface area contributed by atoms with E-state index in [9.17, 15) is 14.7 Å². The van der Waals surface area contributed by atoms with E-state index in [-0.39, 0.29) is 24.7 Å². The maximum atomic E-state index is 12.4. The first-order valence-electron chi connectivity index (χ1n) is 6.47. The molecule has 1 aliphatic rings. The zero-order chi connectivity index (χ0) is 15.0. The van der Waals surface area contributed by atoms with E-state index in [2.05, 4.69) is 10.1 Å². The van der Waals surface area contributed by atoms with Gasteiger partial charge in [0.15, 0.2) is 0 Å². The topological polar surface area (TPSA) is 96.5 Å². The Kier molecular flexibility index (Phi) is 3.17. The van der Waals surface area contributed by atoms with Crippen molar-refractivity contribution in [3.05, 3.63) is 47.1 Å². The van der Waals surface area contributed by atoms with Crippen LogP contribution in [-0.2, 0) is 17.8 Å². The Balaban J connectivity index is 1.96. The van der Waals surface area contributed by atoms with Crippen LogP contribution in [0.2, 0.25) is 0 Å². The van der Waals surface area contributed by atoms with Crippen LogP contribution in [0, 0.1) is 6.92 Å². The van der Waals surface area contributed by atoms with E-state index >= 15 is 0 Å². The van der Waals surface area contributed by atoms with Gasteiger partial charge in [-0.05, 0) is 11.1 Å². The number of carbonyl (C=O) groups excluding carboxylic acids is 1. The average molecular weight is 287 g/mol. The van der Waals surface area contributed by atoms with Gasteiger partial charge in [-0.15, -0.1) is 0 Å². The van der Waals surface area contributed by atoms with Gasteiger partial charge in [0.05, 0.1) is 0 Å². The summed E-state index contributed by atoms with van der Waals surface area (Å²) in [6, 6.07) is 6.56. The number of aryl methyl sites for hydroxylation is 1. The molecule has 108 valence electrons. The number of aromatic nitrogens is 2.